The number of benzene rings is 1. The van der Waals surface area contributed by atoms with Gasteiger partial charge < -0.3 is 25.3 Å². The van der Waals surface area contributed by atoms with Crippen LogP contribution in [0.25, 0.3) is 11.4 Å². The fourth-order valence-corrected chi connectivity index (χ4v) is 4.25. The first kappa shape index (κ1) is 22.0. The predicted molar refractivity (Wildman–Crippen MR) is 116 cm³/mol. The third-order valence-corrected chi connectivity index (χ3v) is 5.90. The molecule has 0 fully saturated rings. The van der Waals surface area contributed by atoms with E-state index in [1.165, 1.54) is 37.3 Å². The molecule has 1 aliphatic heterocycles. The van der Waals surface area contributed by atoms with Gasteiger partial charge >= 0.3 is 0 Å². The Kier molecular flexibility index (Phi) is 5.50. The standard InChI is InChI=1S/C22H21FN4O4S/c1-11-19(32-10-25-11)18(28)17-16(20(24)29)26-21-13-8-12(4-5-22(2,3)30)14(23)9-15(13)31-7-6-27(17)21/h8-10,18,28,30H,6-7H2,1-3H3,(H2,24,29). The van der Waals surface area contributed by atoms with Crippen molar-refractivity contribution >= 4 is 17.2 Å². The van der Waals surface area contributed by atoms with Crippen molar-refractivity contribution in [3.05, 3.63) is 51.0 Å². The molecule has 0 bridgehead atoms. The van der Waals surface area contributed by atoms with Crippen LogP contribution >= 0.6 is 11.3 Å². The third-order valence-electron chi connectivity index (χ3n) is 4.92. The van der Waals surface area contributed by atoms with Crippen LogP contribution in [0.4, 0.5) is 4.39 Å². The van der Waals surface area contributed by atoms with E-state index in [0.717, 1.165) is 0 Å². The number of ether oxygens (including phenoxy) is 1. The van der Waals surface area contributed by atoms with Crippen LogP contribution in [-0.4, -0.2) is 42.9 Å². The van der Waals surface area contributed by atoms with E-state index < -0.39 is 23.4 Å². The zero-order chi connectivity index (χ0) is 23.2. The first-order valence-electron chi connectivity index (χ1n) is 9.77. The number of aromatic nitrogens is 3. The molecule has 4 rings (SSSR count). The molecule has 1 aliphatic rings. The summed E-state index contributed by atoms with van der Waals surface area (Å²) in [6.07, 6.45) is -1.18. The fourth-order valence-electron chi connectivity index (χ4n) is 3.47. The lowest BCUT2D eigenvalue weighted by molar-refractivity contribution is 0.0989. The monoisotopic (exact) mass is 456 g/mol. The number of carbonyl (C=O) groups is 1. The Labute approximate surface area is 187 Å². The minimum atomic E-state index is -1.31. The van der Waals surface area contributed by atoms with Gasteiger partial charge in [-0.2, -0.15) is 0 Å². The number of rotatable bonds is 3. The van der Waals surface area contributed by atoms with Crippen molar-refractivity contribution in [1.29, 1.82) is 0 Å². The van der Waals surface area contributed by atoms with Crippen LogP contribution in [0.2, 0.25) is 0 Å². The number of halogens is 1. The lowest BCUT2D eigenvalue weighted by atomic mass is 10.1. The van der Waals surface area contributed by atoms with Crippen molar-refractivity contribution in [2.45, 2.75) is 39.0 Å². The highest BCUT2D eigenvalue weighted by Crippen LogP contribution is 2.38. The van der Waals surface area contributed by atoms with E-state index in [-0.39, 0.29) is 35.9 Å². The maximum Gasteiger partial charge on any atom is 0.269 e. The van der Waals surface area contributed by atoms with Gasteiger partial charge in [0.05, 0.1) is 39.4 Å². The molecule has 3 heterocycles. The molecule has 0 aliphatic carbocycles. The Morgan fingerprint density at radius 1 is 1.44 bits per heavy atom. The smallest absolute Gasteiger partial charge is 0.269 e. The summed E-state index contributed by atoms with van der Waals surface area (Å²) >= 11 is 1.25. The predicted octanol–water partition coefficient (Wildman–Crippen LogP) is 2.15. The third kappa shape index (κ3) is 3.98. The topological polar surface area (TPSA) is 123 Å². The van der Waals surface area contributed by atoms with Crippen LogP contribution in [0.5, 0.6) is 5.75 Å². The quantitative estimate of drug-likeness (QED) is 0.519. The summed E-state index contributed by atoms with van der Waals surface area (Å²) in [5.41, 5.74) is 7.08. The molecule has 0 radical (unpaired) electrons. The lowest BCUT2D eigenvalue weighted by Crippen LogP contribution is -2.19. The summed E-state index contributed by atoms with van der Waals surface area (Å²) in [7, 11) is 0. The normalized spacial score (nSPS) is 13.8. The van der Waals surface area contributed by atoms with Gasteiger partial charge in [-0.15, -0.1) is 11.3 Å². The largest absolute Gasteiger partial charge is 0.491 e. The Balaban J connectivity index is 1.93. The molecule has 0 spiro atoms. The van der Waals surface area contributed by atoms with Crippen LogP contribution in [0.15, 0.2) is 17.6 Å². The first-order chi connectivity index (χ1) is 15.1. The van der Waals surface area contributed by atoms with Crippen LogP contribution in [-0.2, 0) is 6.54 Å². The molecule has 1 amide bonds. The molecule has 1 atom stereocenters. The molecule has 166 valence electrons. The van der Waals surface area contributed by atoms with Crippen LogP contribution in [0.3, 0.4) is 0 Å². The number of aliphatic hydroxyl groups is 2. The van der Waals surface area contributed by atoms with E-state index in [2.05, 4.69) is 21.8 Å². The van der Waals surface area contributed by atoms with Crippen molar-refractivity contribution in [1.82, 2.24) is 14.5 Å². The SMILES string of the molecule is Cc1ncsc1C(O)c1c(C(N)=O)nc2n1CCOc1cc(F)c(C#CC(C)(C)O)cc1-2. The maximum atomic E-state index is 14.6. The van der Waals surface area contributed by atoms with E-state index in [1.807, 2.05) is 0 Å². The number of nitrogens with two attached hydrogens (primary N) is 1. The number of aryl methyl sites for hydroxylation is 1. The number of fused-ring (bicyclic) bond motifs is 3. The molecule has 2 aromatic heterocycles. The van der Waals surface area contributed by atoms with Gasteiger partial charge in [-0.1, -0.05) is 11.8 Å². The van der Waals surface area contributed by atoms with Gasteiger partial charge in [0.15, 0.2) is 5.69 Å². The van der Waals surface area contributed by atoms with Gasteiger partial charge in [0.25, 0.3) is 5.91 Å². The van der Waals surface area contributed by atoms with Crippen LogP contribution in [0.1, 0.15) is 52.3 Å². The van der Waals surface area contributed by atoms with Crippen molar-refractivity contribution < 1.29 is 24.1 Å². The molecular weight excluding hydrogens is 435 g/mol. The summed E-state index contributed by atoms with van der Waals surface area (Å²) in [4.78, 5) is 21.3. The number of nitrogens with zero attached hydrogens (tertiary/aromatic N) is 3. The maximum absolute atomic E-state index is 14.6. The summed E-state index contributed by atoms with van der Waals surface area (Å²) in [5.74, 6) is 4.33. The molecule has 1 aromatic carbocycles. The second-order valence-corrected chi connectivity index (χ2v) is 8.76. The summed E-state index contributed by atoms with van der Waals surface area (Å²) < 4.78 is 22.0. The number of thiazole rings is 1. The number of primary amides is 1. The molecule has 3 aromatic rings. The Morgan fingerprint density at radius 2 is 2.19 bits per heavy atom. The molecular formula is C22H21FN4O4S. The van der Waals surface area contributed by atoms with Crippen molar-refractivity contribution in [2.75, 3.05) is 6.61 Å². The van der Waals surface area contributed by atoms with Crippen molar-refractivity contribution in [3.63, 3.8) is 0 Å². The lowest BCUT2D eigenvalue weighted by Gasteiger charge is -2.14. The Bertz CT molecular complexity index is 1280. The molecule has 1 unspecified atom stereocenters. The van der Waals surface area contributed by atoms with E-state index in [1.54, 1.807) is 17.0 Å². The van der Waals surface area contributed by atoms with Crippen molar-refractivity contribution in [2.24, 2.45) is 5.73 Å². The fraction of sp³-hybridized carbons (Fsp3) is 0.318. The number of imidazole rings is 1. The summed E-state index contributed by atoms with van der Waals surface area (Å²) in [5, 5.41) is 21.0. The first-order valence-corrected chi connectivity index (χ1v) is 10.7. The number of carbonyl (C=O) groups excluding carboxylic acids is 1. The van der Waals surface area contributed by atoms with E-state index in [9.17, 15) is 19.4 Å². The molecule has 8 nitrogen and oxygen atoms in total. The summed E-state index contributed by atoms with van der Waals surface area (Å²) in [6.45, 7) is 5.15. The number of hydrogen-bond donors (Lipinski definition) is 3. The minimum Gasteiger partial charge on any atom is -0.491 e. The highest BCUT2D eigenvalue weighted by molar-refractivity contribution is 7.09. The van der Waals surface area contributed by atoms with Gasteiger partial charge in [-0.25, -0.2) is 14.4 Å². The van der Waals surface area contributed by atoms with Gasteiger partial charge in [0.1, 0.15) is 35.7 Å². The second-order valence-electron chi connectivity index (χ2n) is 7.88. The second kappa shape index (κ2) is 8.02. The van der Waals surface area contributed by atoms with Gasteiger partial charge in [-0.05, 0) is 26.8 Å². The number of aliphatic hydroxyl groups excluding tert-OH is 1. The highest BCUT2D eigenvalue weighted by Gasteiger charge is 2.32. The average Bonchev–Trinajstić information content (AvgIpc) is 3.26. The zero-order valence-corrected chi connectivity index (χ0v) is 18.5. The number of amides is 1. The minimum absolute atomic E-state index is 0.0342. The zero-order valence-electron chi connectivity index (χ0n) is 17.6. The molecule has 32 heavy (non-hydrogen) atoms. The molecule has 10 heteroatoms. The highest BCUT2D eigenvalue weighted by atomic mass is 32.1. The van der Waals surface area contributed by atoms with E-state index >= 15 is 0 Å². The Hall–Kier alpha value is -3.26. The van der Waals surface area contributed by atoms with Crippen LogP contribution in [0, 0.1) is 24.6 Å². The number of hydrogen-bond acceptors (Lipinski definition) is 7. The van der Waals surface area contributed by atoms with Crippen LogP contribution < -0.4 is 10.5 Å². The van der Waals surface area contributed by atoms with Gasteiger partial charge in [0.2, 0.25) is 0 Å². The van der Waals surface area contributed by atoms with Gasteiger partial charge in [-0.3, -0.25) is 4.79 Å². The van der Waals surface area contributed by atoms with Crippen molar-refractivity contribution in [3.8, 4) is 29.0 Å². The molecule has 0 saturated heterocycles. The molecule has 4 N–H and O–H groups in total. The average molecular weight is 456 g/mol. The molecule has 0 saturated carbocycles. The van der Waals surface area contributed by atoms with Gasteiger partial charge in [0, 0.05) is 6.07 Å². The van der Waals surface area contributed by atoms with E-state index in [4.69, 9.17) is 10.5 Å². The summed E-state index contributed by atoms with van der Waals surface area (Å²) in [6, 6.07) is 2.65. The van der Waals surface area contributed by atoms with E-state index in [0.29, 0.717) is 22.0 Å². The Morgan fingerprint density at radius 3 is 2.81 bits per heavy atom.